The minimum atomic E-state index is 0.0748. The monoisotopic (exact) mass is 277 g/mol. The minimum absolute atomic E-state index is 0.0748. The zero-order chi connectivity index (χ0) is 12.5. The molecule has 0 bridgehead atoms. The molecule has 1 unspecified atom stereocenters. The molecule has 3 rings (SSSR count). The van der Waals surface area contributed by atoms with Gasteiger partial charge in [-0.15, -0.1) is 0 Å². The average Bonchev–Trinajstić information content (AvgIpc) is 2.97. The highest BCUT2D eigenvalue weighted by Crippen LogP contribution is 2.28. The van der Waals surface area contributed by atoms with E-state index in [2.05, 4.69) is 22.0 Å². The zero-order valence-electron chi connectivity index (χ0n) is 9.48. The van der Waals surface area contributed by atoms with Gasteiger partial charge in [0.1, 0.15) is 0 Å². The van der Waals surface area contributed by atoms with Gasteiger partial charge in [0, 0.05) is 35.3 Å². The number of aromatic nitrogens is 2. The third-order valence-electron chi connectivity index (χ3n) is 2.78. The lowest BCUT2D eigenvalue weighted by Crippen LogP contribution is -2.24. The number of benzene rings is 1. The molecule has 1 fully saturated rings. The van der Waals surface area contributed by atoms with E-state index in [9.17, 15) is 4.79 Å². The van der Waals surface area contributed by atoms with Gasteiger partial charge in [0.25, 0.3) is 0 Å². The van der Waals surface area contributed by atoms with E-state index in [1.54, 1.807) is 4.90 Å². The molecule has 2 aromatic rings. The summed E-state index contributed by atoms with van der Waals surface area (Å²) >= 11 is 5.59. The zero-order valence-corrected chi connectivity index (χ0v) is 11.2. The topological polar surface area (TPSA) is 46.1 Å². The number of hydrogen-bond acceptors (Lipinski definition) is 5. The fourth-order valence-corrected chi connectivity index (χ4v) is 2.94. The summed E-state index contributed by atoms with van der Waals surface area (Å²) in [5.74, 6) is 0.747. The Balaban J connectivity index is 1.88. The predicted octanol–water partition coefficient (Wildman–Crippen LogP) is 2.24. The van der Waals surface area contributed by atoms with Crippen LogP contribution in [0.5, 0.6) is 0 Å². The van der Waals surface area contributed by atoms with Crippen molar-refractivity contribution in [3.05, 3.63) is 30.3 Å². The highest BCUT2D eigenvalue weighted by molar-refractivity contribution is 7.81. The molecule has 2 heterocycles. The van der Waals surface area contributed by atoms with Crippen LogP contribution in [-0.4, -0.2) is 27.1 Å². The van der Waals surface area contributed by atoms with Crippen molar-refractivity contribution in [2.75, 3.05) is 11.4 Å². The maximum Gasteiger partial charge on any atom is 0.230 e. The van der Waals surface area contributed by atoms with Crippen LogP contribution in [0.15, 0.2) is 30.3 Å². The lowest BCUT2D eigenvalue weighted by molar-refractivity contribution is -0.117. The number of carbonyl (C=O) groups is 1. The quantitative estimate of drug-likeness (QED) is 0.856. The van der Waals surface area contributed by atoms with Crippen LogP contribution in [0.2, 0.25) is 0 Å². The summed E-state index contributed by atoms with van der Waals surface area (Å²) < 4.78 is 4.30. The Morgan fingerprint density at radius 2 is 2.11 bits per heavy atom. The predicted molar refractivity (Wildman–Crippen MR) is 75.1 cm³/mol. The number of nitrogens with zero attached hydrogens (tertiary/aromatic N) is 3. The Labute approximate surface area is 114 Å². The number of hydrogen-bond donors (Lipinski definition) is 1. The van der Waals surface area contributed by atoms with Crippen LogP contribution in [0.25, 0.3) is 11.4 Å². The molecule has 1 aromatic heterocycles. The molecule has 0 radical (unpaired) electrons. The first-order chi connectivity index (χ1) is 8.74. The second-order valence-electron chi connectivity index (χ2n) is 4.13. The summed E-state index contributed by atoms with van der Waals surface area (Å²) in [4.78, 5) is 17.8. The van der Waals surface area contributed by atoms with Crippen molar-refractivity contribution in [3.8, 4) is 11.4 Å². The van der Waals surface area contributed by atoms with Crippen LogP contribution < -0.4 is 4.90 Å². The summed E-state index contributed by atoms with van der Waals surface area (Å²) in [6.07, 6.45) is 0.476. The Morgan fingerprint density at radius 3 is 2.78 bits per heavy atom. The van der Waals surface area contributed by atoms with E-state index >= 15 is 0 Å². The van der Waals surface area contributed by atoms with Crippen molar-refractivity contribution in [3.63, 3.8) is 0 Å². The van der Waals surface area contributed by atoms with Crippen molar-refractivity contribution >= 4 is 35.2 Å². The number of carbonyl (C=O) groups excluding carboxylic acids is 1. The van der Waals surface area contributed by atoms with Crippen molar-refractivity contribution in [2.24, 2.45) is 0 Å². The maximum atomic E-state index is 11.7. The van der Waals surface area contributed by atoms with E-state index in [-0.39, 0.29) is 11.2 Å². The van der Waals surface area contributed by atoms with E-state index in [0.29, 0.717) is 23.9 Å². The fourth-order valence-electron chi connectivity index (χ4n) is 1.90. The van der Waals surface area contributed by atoms with Crippen LogP contribution in [0.3, 0.4) is 0 Å². The highest BCUT2D eigenvalue weighted by Gasteiger charge is 2.30. The molecule has 1 atom stereocenters. The molecule has 1 aliphatic rings. The lowest BCUT2D eigenvalue weighted by atomic mass is 10.2. The molecule has 1 saturated heterocycles. The molecule has 92 valence electrons. The van der Waals surface area contributed by atoms with Crippen LogP contribution in [0.4, 0.5) is 5.13 Å². The maximum absolute atomic E-state index is 11.7. The van der Waals surface area contributed by atoms with Crippen molar-refractivity contribution in [1.82, 2.24) is 9.36 Å². The summed E-state index contributed by atoms with van der Waals surface area (Å²) in [5.41, 5.74) is 0.967. The van der Waals surface area contributed by atoms with E-state index < -0.39 is 0 Å². The first-order valence-electron chi connectivity index (χ1n) is 5.61. The lowest BCUT2D eigenvalue weighted by Gasteiger charge is -2.10. The van der Waals surface area contributed by atoms with Crippen molar-refractivity contribution < 1.29 is 4.79 Å². The number of rotatable bonds is 2. The summed E-state index contributed by atoms with van der Waals surface area (Å²) in [6.45, 7) is 0.616. The third-order valence-corrected chi connectivity index (χ3v) is 3.87. The van der Waals surface area contributed by atoms with Crippen LogP contribution >= 0.6 is 24.2 Å². The highest BCUT2D eigenvalue weighted by atomic mass is 32.1. The molecule has 0 N–H and O–H groups in total. The standard InChI is InChI=1S/C12H11N3OS2/c16-10-6-9(17)7-15(10)12-13-11(14-18-12)8-4-2-1-3-5-8/h1-5,9,17H,6-7H2. The normalized spacial score (nSPS) is 19.5. The number of amides is 1. The number of thiol groups is 1. The van der Waals surface area contributed by atoms with Gasteiger partial charge < -0.3 is 0 Å². The van der Waals surface area contributed by atoms with Crippen molar-refractivity contribution in [1.29, 1.82) is 0 Å². The van der Waals surface area contributed by atoms with Gasteiger partial charge in [-0.1, -0.05) is 30.3 Å². The van der Waals surface area contributed by atoms with Gasteiger partial charge in [0.2, 0.25) is 11.0 Å². The van der Waals surface area contributed by atoms with Gasteiger partial charge >= 0.3 is 0 Å². The Bertz CT molecular complexity index is 570. The molecule has 0 aliphatic carbocycles. The molecule has 6 heteroatoms. The molecule has 1 aliphatic heterocycles. The minimum Gasteiger partial charge on any atom is -0.286 e. The molecule has 1 amide bonds. The third kappa shape index (κ3) is 2.13. The Hall–Kier alpha value is -1.40. The van der Waals surface area contributed by atoms with E-state index in [1.165, 1.54) is 11.5 Å². The van der Waals surface area contributed by atoms with Gasteiger partial charge in [-0.2, -0.15) is 22.0 Å². The molecular weight excluding hydrogens is 266 g/mol. The van der Waals surface area contributed by atoms with Gasteiger partial charge in [-0.3, -0.25) is 9.69 Å². The molecule has 18 heavy (non-hydrogen) atoms. The van der Waals surface area contributed by atoms with Crippen LogP contribution in [0.1, 0.15) is 6.42 Å². The van der Waals surface area contributed by atoms with Crippen LogP contribution in [0, 0.1) is 0 Å². The SMILES string of the molecule is O=C1CC(S)CN1c1nc(-c2ccccc2)ns1. The fraction of sp³-hybridized carbons (Fsp3) is 0.250. The largest absolute Gasteiger partial charge is 0.286 e. The second-order valence-corrected chi connectivity index (χ2v) is 5.59. The molecule has 0 saturated carbocycles. The smallest absolute Gasteiger partial charge is 0.230 e. The van der Waals surface area contributed by atoms with Gasteiger partial charge in [0.05, 0.1) is 0 Å². The second kappa shape index (κ2) is 4.70. The van der Waals surface area contributed by atoms with Gasteiger partial charge in [0.15, 0.2) is 5.82 Å². The molecule has 1 aromatic carbocycles. The molecule has 4 nitrogen and oxygen atoms in total. The summed E-state index contributed by atoms with van der Waals surface area (Å²) in [6, 6.07) is 9.76. The summed E-state index contributed by atoms with van der Waals surface area (Å²) in [5, 5.41) is 0.761. The first-order valence-corrected chi connectivity index (χ1v) is 6.90. The van der Waals surface area contributed by atoms with Gasteiger partial charge in [-0.25, -0.2) is 0 Å². The van der Waals surface area contributed by atoms with E-state index in [0.717, 1.165) is 5.56 Å². The Kier molecular flexibility index (Phi) is 3.05. The molecular formula is C12H11N3OS2. The van der Waals surface area contributed by atoms with Crippen molar-refractivity contribution in [2.45, 2.75) is 11.7 Å². The average molecular weight is 277 g/mol. The summed E-state index contributed by atoms with van der Waals surface area (Å²) in [7, 11) is 0. The van der Waals surface area contributed by atoms with Crippen LogP contribution in [-0.2, 0) is 4.79 Å². The first kappa shape index (κ1) is 11.7. The molecule has 0 spiro atoms. The Morgan fingerprint density at radius 1 is 1.33 bits per heavy atom. The van der Waals surface area contributed by atoms with E-state index in [1.807, 2.05) is 30.3 Å². The van der Waals surface area contributed by atoms with Gasteiger partial charge in [-0.05, 0) is 0 Å². The number of anilines is 1. The van der Waals surface area contributed by atoms with E-state index in [4.69, 9.17) is 0 Å².